The number of carbonyl (C=O) groups excluding carboxylic acids is 2. The fourth-order valence-electron chi connectivity index (χ4n) is 3.30. The summed E-state index contributed by atoms with van der Waals surface area (Å²) in [6.07, 6.45) is 2.15. The van der Waals surface area contributed by atoms with E-state index >= 15 is 0 Å². The zero-order valence-corrected chi connectivity index (χ0v) is 14.6. The van der Waals surface area contributed by atoms with Gasteiger partial charge in [-0.1, -0.05) is 12.1 Å². The number of nitrogens with zero attached hydrogens (tertiary/aromatic N) is 4. The number of nitro benzene ring substituents is 1. The molecule has 2 saturated heterocycles. The second-order valence-electron chi connectivity index (χ2n) is 6.56. The molecule has 0 saturated carbocycles. The van der Waals surface area contributed by atoms with Crippen LogP contribution in [0.1, 0.15) is 12.8 Å². The van der Waals surface area contributed by atoms with Gasteiger partial charge in [-0.2, -0.15) is 0 Å². The minimum absolute atomic E-state index is 0.129. The van der Waals surface area contributed by atoms with Gasteiger partial charge >= 0.3 is 6.03 Å². The van der Waals surface area contributed by atoms with Crippen LogP contribution in [0.2, 0.25) is 0 Å². The molecule has 1 aromatic carbocycles. The van der Waals surface area contributed by atoms with Gasteiger partial charge in [0.05, 0.1) is 11.5 Å². The van der Waals surface area contributed by atoms with Gasteiger partial charge in [-0.25, -0.2) is 4.79 Å². The van der Waals surface area contributed by atoms with Crippen molar-refractivity contribution in [3.05, 3.63) is 34.4 Å². The number of hydrogen-bond acceptors (Lipinski definition) is 5. The first-order valence-electron chi connectivity index (χ1n) is 8.84. The average Bonchev–Trinajstić information content (AvgIpc) is 3.17. The van der Waals surface area contributed by atoms with E-state index in [1.54, 1.807) is 17.0 Å². The number of anilines is 1. The lowest BCUT2D eigenvalue weighted by Crippen LogP contribution is -2.52. The molecule has 0 unspecified atom stereocenters. The fraction of sp³-hybridized carbons (Fsp3) is 0.529. The molecule has 2 aliphatic rings. The quantitative estimate of drug-likeness (QED) is 0.645. The monoisotopic (exact) mass is 361 g/mol. The van der Waals surface area contributed by atoms with Crippen molar-refractivity contribution < 1.29 is 14.5 Å². The first-order chi connectivity index (χ1) is 12.5. The Balaban J connectivity index is 1.49. The van der Waals surface area contributed by atoms with Gasteiger partial charge in [0.1, 0.15) is 5.69 Å². The molecule has 140 valence electrons. The second kappa shape index (κ2) is 8.13. The number of amides is 3. The highest BCUT2D eigenvalue weighted by Crippen LogP contribution is 2.23. The molecule has 3 amide bonds. The highest BCUT2D eigenvalue weighted by atomic mass is 16.6. The van der Waals surface area contributed by atoms with E-state index in [1.165, 1.54) is 12.1 Å². The molecule has 2 aliphatic heterocycles. The summed E-state index contributed by atoms with van der Waals surface area (Å²) in [5, 5.41) is 13.6. The van der Waals surface area contributed by atoms with Crippen molar-refractivity contribution in [2.75, 3.05) is 51.1 Å². The first-order valence-corrected chi connectivity index (χ1v) is 8.84. The Morgan fingerprint density at radius 2 is 1.65 bits per heavy atom. The summed E-state index contributed by atoms with van der Waals surface area (Å²) < 4.78 is 0. The third-order valence-electron chi connectivity index (χ3n) is 4.82. The molecule has 3 rings (SSSR count). The van der Waals surface area contributed by atoms with Crippen molar-refractivity contribution in [2.24, 2.45) is 0 Å². The van der Waals surface area contributed by atoms with Gasteiger partial charge in [-0.3, -0.25) is 19.8 Å². The maximum absolute atomic E-state index is 12.4. The third-order valence-corrected chi connectivity index (χ3v) is 4.82. The van der Waals surface area contributed by atoms with E-state index in [-0.39, 0.29) is 23.3 Å². The van der Waals surface area contributed by atoms with Crippen molar-refractivity contribution in [3.8, 4) is 0 Å². The molecule has 0 aliphatic carbocycles. The summed E-state index contributed by atoms with van der Waals surface area (Å²) in [7, 11) is 0. The lowest BCUT2D eigenvalue weighted by Gasteiger charge is -2.34. The third kappa shape index (κ3) is 4.29. The fourth-order valence-corrected chi connectivity index (χ4v) is 3.30. The molecule has 0 aromatic heterocycles. The van der Waals surface area contributed by atoms with E-state index in [0.29, 0.717) is 32.7 Å². The Labute approximate surface area is 151 Å². The van der Waals surface area contributed by atoms with Gasteiger partial charge < -0.3 is 15.1 Å². The van der Waals surface area contributed by atoms with Crippen LogP contribution in [0.25, 0.3) is 0 Å². The van der Waals surface area contributed by atoms with Gasteiger partial charge in [-0.15, -0.1) is 0 Å². The molecular formula is C17H23N5O4. The number of carbonyl (C=O) groups is 2. The maximum Gasteiger partial charge on any atom is 0.322 e. The Kier molecular flexibility index (Phi) is 5.67. The SMILES string of the molecule is O=C(CN1CCN(C(=O)Nc2ccccc2[N+](=O)[O-])CC1)N1CCCC1. The number of nitro groups is 1. The Bertz CT molecular complexity index is 681. The number of urea groups is 1. The predicted molar refractivity (Wildman–Crippen MR) is 95.9 cm³/mol. The smallest absolute Gasteiger partial charge is 0.322 e. The van der Waals surface area contributed by atoms with Crippen molar-refractivity contribution in [3.63, 3.8) is 0 Å². The number of rotatable bonds is 4. The van der Waals surface area contributed by atoms with Gasteiger partial charge in [0.2, 0.25) is 5.91 Å². The summed E-state index contributed by atoms with van der Waals surface area (Å²) in [5.41, 5.74) is 0.0600. The van der Waals surface area contributed by atoms with E-state index in [2.05, 4.69) is 10.2 Å². The molecule has 0 bridgehead atoms. The number of para-hydroxylation sites is 2. The summed E-state index contributed by atoms with van der Waals surface area (Å²) in [6.45, 7) is 4.28. The number of benzene rings is 1. The van der Waals surface area contributed by atoms with Crippen LogP contribution in [0.4, 0.5) is 16.2 Å². The molecule has 2 fully saturated rings. The van der Waals surface area contributed by atoms with Crippen LogP contribution in [0, 0.1) is 10.1 Å². The number of likely N-dealkylation sites (tertiary alicyclic amines) is 1. The minimum atomic E-state index is -0.516. The van der Waals surface area contributed by atoms with E-state index < -0.39 is 4.92 Å². The molecule has 1 N–H and O–H groups in total. The van der Waals surface area contributed by atoms with Crippen molar-refractivity contribution in [2.45, 2.75) is 12.8 Å². The molecule has 0 radical (unpaired) electrons. The van der Waals surface area contributed by atoms with Crippen LogP contribution in [0.5, 0.6) is 0 Å². The maximum atomic E-state index is 12.4. The van der Waals surface area contributed by atoms with E-state index in [1.807, 2.05) is 4.90 Å². The van der Waals surface area contributed by atoms with Crippen LogP contribution in [0.3, 0.4) is 0 Å². The largest absolute Gasteiger partial charge is 0.342 e. The lowest BCUT2D eigenvalue weighted by atomic mass is 10.2. The van der Waals surface area contributed by atoms with Crippen molar-refractivity contribution in [1.29, 1.82) is 0 Å². The van der Waals surface area contributed by atoms with E-state index in [9.17, 15) is 19.7 Å². The molecule has 0 spiro atoms. The van der Waals surface area contributed by atoms with Gasteiger partial charge in [-0.05, 0) is 18.9 Å². The van der Waals surface area contributed by atoms with Crippen molar-refractivity contribution in [1.82, 2.24) is 14.7 Å². The minimum Gasteiger partial charge on any atom is -0.342 e. The topological polar surface area (TPSA) is 99.0 Å². The highest BCUT2D eigenvalue weighted by Gasteiger charge is 2.26. The molecule has 26 heavy (non-hydrogen) atoms. The molecule has 1 aromatic rings. The zero-order valence-electron chi connectivity index (χ0n) is 14.6. The van der Waals surface area contributed by atoms with Crippen LogP contribution in [0.15, 0.2) is 24.3 Å². The average molecular weight is 361 g/mol. The van der Waals surface area contributed by atoms with E-state index in [0.717, 1.165) is 25.9 Å². The van der Waals surface area contributed by atoms with E-state index in [4.69, 9.17) is 0 Å². The molecule has 2 heterocycles. The standard InChI is InChI=1S/C17H23N5O4/c23-16(20-7-3-4-8-20)13-19-9-11-21(12-10-19)17(24)18-14-5-1-2-6-15(14)22(25)26/h1-2,5-6H,3-4,7-13H2,(H,18,24). The molecule has 9 nitrogen and oxygen atoms in total. The first kappa shape index (κ1) is 18.1. The summed E-state index contributed by atoms with van der Waals surface area (Å²) in [6, 6.07) is 5.72. The van der Waals surface area contributed by atoms with Gasteiger partial charge in [0.25, 0.3) is 5.69 Å². The molecule has 0 atom stereocenters. The van der Waals surface area contributed by atoms with Crippen LogP contribution in [-0.4, -0.2) is 77.4 Å². The predicted octanol–water partition coefficient (Wildman–Crippen LogP) is 1.37. The Morgan fingerprint density at radius 3 is 2.31 bits per heavy atom. The van der Waals surface area contributed by atoms with Gasteiger partial charge in [0.15, 0.2) is 0 Å². The summed E-state index contributed by atoms with van der Waals surface area (Å²) in [4.78, 5) is 40.7. The summed E-state index contributed by atoms with van der Waals surface area (Å²) >= 11 is 0. The second-order valence-corrected chi connectivity index (χ2v) is 6.56. The number of nitrogens with one attached hydrogen (secondary N) is 1. The van der Waals surface area contributed by atoms with Crippen LogP contribution >= 0.6 is 0 Å². The molecule has 9 heteroatoms. The Hall–Kier alpha value is -2.68. The summed E-state index contributed by atoms with van der Waals surface area (Å²) in [5.74, 6) is 0.153. The number of hydrogen-bond donors (Lipinski definition) is 1. The highest BCUT2D eigenvalue weighted by molar-refractivity contribution is 5.91. The lowest BCUT2D eigenvalue weighted by molar-refractivity contribution is -0.383. The normalized spacial score (nSPS) is 18.0. The molecular weight excluding hydrogens is 338 g/mol. The number of piperazine rings is 1. The van der Waals surface area contributed by atoms with Gasteiger partial charge in [0, 0.05) is 45.3 Å². The Morgan fingerprint density at radius 1 is 1.00 bits per heavy atom. The zero-order chi connectivity index (χ0) is 18.5. The van der Waals surface area contributed by atoms with Crippen molar-refractivity contribution >= 4 is 23.3 Å². The van der Waals surface area contributed by atoms with Crippen LogP contribution in [-0.2, 0) is 4.79 Å². The van der Waals surface area contributed by atoms with Crippen LogP contribution < -0.4 is 5.32 Å².